The van der Waals surface area contributed by atoms with Crippen LogP contribution >= 0.6 is 0 Å². The first kappa shape index (κ1) is 14.8. The minimum atomic E-state index is -0.335. The van der Waals surface area contributed by atoms with Gasteiger partial charge in [0.1, 0.15) is 0 Å². The van der Waals surface area contributed by atoms with Crippen LogP contribution in [-0.4, -0.2) is 24.9 Å². The van der Waals surface area contributed by atoms with Crippen molar-refractivity contribution in [2.75, 3.05) is 24.1 Å². The van der Waals surface area contributed by atoms with Crippen molar-refractivity contribution in [2.45, 2.75) is 19.8 Å². The molecule has 0 aliphatic heterocycles. The van der Waals surface area contributed by atoms with Gasteiger partial charge in [-0.05, 0) is 31.5 Å². The standard InChI is InChI=1S/C13H20N4O2/c1-2-16-13(19)10-6-5-9(14)8-11(10)17-7-3-4-12(15)18/h5-6,8,17H,2-4,7,14H2,1H3,(H2,15,18)(H,16,19). The van der Waals surface area contributed by atoms with Crippen LogP contribution in [0.25, 0.3) is 0 Å². The predicted molar refractivity (Wildman–Crippen MR) is 75.8 cm³/mol. The van der Waals surface area contributed by atoms with E-state index in [4.69, 9.17) is 11.5 Å². The Kier molecular flexibility index (Phi) is 5.66. The highest BCUT2D eigenvalue weighted by Crippen LogP contribution is 2.19. The fourth-order valence-corrected chi connectivity index (χ4v) is 1.65. The molecule has 19 heavy (non-hydrogen) atoms. The van der Waals surface area contributed by atoms with Crippen LogP contribution in [0.15, 0.2) is 18.2 Å². The van der Waals surface area contributed by atoms with Crippen molar-refractivity contribution in [1.82, 2.24) is 5.32 Å². The number of nitrogens with two attached hydrogens (primary N) is 2. The van der Waals surface area contributed by atoms with Crippen molar-refractivity contribution in [2.24, 2.45) is 5.73 Å². The van der Waals surface area contributed by atoms with Gasteiger partial charge in [0.15, 0.2) is 0 Å². The number of rotatable bonds is 7. The molecule has 0 saturated carbocycles. The Morgan fingerprint density at radius 2 is 2.05 bits per heavy atom. The molecular formula is C13H20N4O2. The lowest BCUT2D eigenvalue weighted by atomic mass is 10.1. The van der Waals surface area contributed by atoms with E-state index in [0.29, 0.717) is 42.9 Å². The van der Waals surface area contributed by atoms with Gasteiger partial charge in [0, 0.05) is 30.9 Å². The third-order valence-electron chi connectivity index (χ3n) is 2.54. The number of primary amides is 1. The monoisotopic (exact) mass is 264 g/mol. The number of benzene rings is 1. The van der Waals surface area contributed by atoms with Gasteiger partial charge in [0.05, 0.1) is 5.56 Å². The molecule has 0 unspecified atom stereocenters. The van der Waals surface area contributed by atoms with E-state index in [2.05, 4.69) is 10.6 Å². The van der Waals surface area contributed by atoms with Gasteiger partial charge < -0.3 is 22.1 Å². The number of amides is 2. The molecule has 0 saturated heterocycles. The molecule has 0 heterocycles. The number of hydrogen-bond acceptors (Lipinski definition) is 4. The molecule has 1 aromatic rings. The molecule has 104 valence electrons. The molecule has 0 bridgehead atoms. The van der Waals surface area contributed by atoms with Crippen LogP contribution in [0.1, 0.15) is 30.1 Å². The molecule has 0 radical (unpaired) electrons. The molecule has 0 atom stereocenters. The molecule has 0 aliphatic rings. The second-order valence-corrected chi connectivity index (χ2v) is 4.16. The minimum absolute atomic E-state index is 0.153. The predicted octanol–water partition coefficient (Wildman–Crippen LogP) is 0.696. The van der Waals surface area contributed by atoms with E-state index in [0.717, 1.165) is 0 Å². The van der Waals surface area contributed by atoms with E-state index in [9.17, 15) is 9.59 Å². The summed E-state index contributed by atoms with van der Waals surface area (Å²) in [5.41, 5.74) is 12.5. The molecule has 0 aromatic heterocycles. The van der Waals surface area contributed by atoms with Gasteiger partial charge in [0.2, 0.25) is 5.91 Å². The zero-order valence-electron chi connectivity index (χ0n) is 11.0. The molecular weight excluding hydrogens is 244 g/mol. The Morgan fingerprint density at radius 1 is 1.32 bits per heavy atom. The Morgan fingerprint density at radius 3 is 2.68 bits per heavy atom. The minimum Gasteiger partial charge on any atom is -0.399 e. The lowest BCUT2D eigenvalue weighted by molar-refractivity contribution is -0.118. The Labute approximate surface area is 112 Å². The SMILES string of the molecule is CCNC(=O)c1ccc(N)cc1NCCCC(N)=O. The normalized spacial score (nSPS) is 9.95. The van der Waals surface area contributed by atoms with Gasteiger partial charge in [0.25, 0.3) is 5.91 Å². The average molecular weight is 264 g/mol. The quantitative estimate of drug-likeness (QED) is 0.429. The maximum Gasteiger partial charge on any atom is 0.253 e. The second-order valence-electron chi connectivity index (χ2n) is 4.16. The fourth-order valence-electron chi connectivity index (χ4n) is 1.65. The first-order valence-electron chi connectivity index (χ1n) is 6.24. The summed E-state index contributed by atoms with van der Waals surface area (Å²) in [6.45, 7) is 2.97. The molecule has 1 aromatic carbocycles. The van der Waals surface area contributed by atoms with Gasteiger partial charge >= 0.3 is 0 Å². The number of carbonyl (C=O) groups excluding carboxylic acids is 2. The Balaban J connectivity index is 2.71. The topological polar surface area (TPSA) is 110 Å². The summed E-state index contributed by atoms with van der Waals surface area (Å²) in [5, 5.41) is 5.84. The van der Waals surface area contributed by atoms with E-state index in [1.165, 1.54) is 0 Å². The van der Waals surface area contributed by atoms with Crippen LogP contribution in [-0.2, 0) is 4.79 Å². The summed E-state index contributed by atoms with van der Waals surface area (Å²) in [5.74, 6) is -0.488. The van der Waals surface area contributed by atoms with E-state index in [1.807, 2.05) is 6.92 Å². The van der Waals surface area contributed by atoms with E-state index in [-0.39, 0.29) is 11.8 Å². The molecule has 6 nitrogen and oxygen atoms in total. The van der Waals surface area contributed by atoms with E-state index < -0.39 is 0 Å². The van der Waals surface area contributed by atoms with Crippen molar-refractivity contribution < 1.29 is 9.59 Å². The van der Waals surface area contributed by atoms with Crippen molar-refractivity contribution in [3.63, 3.8) is 0 Å². The van der Waals surface area contributed by atoms with Gasteiger partial charge in [-0.2, -0.15) is 0 Å². The van der Waals surface area contributed by atoms with Gasteiger partial charge in [-0.25, -0.2) is 0 Å². The second kappa shape index (κ2) is 7.25. The lowest BCUT2D eigenvalue weighted by Gasteiger charge is -2.12. The van der Waals surface area contributed by atoms with Crippen molar-refractivity contribution in [1.29, 1.82) is 0 Å². The maximum absolute atomic E-state index is 11.9. The van der Waals surface area contributed by atoms with Crippen LogP contribution in [0.4, 0.5) is 11.4 Å². The Bertz CT molecular complexity index is 460. The summed E-state index contributed by atoms with van der Waals surface area (Å²) in [7, 11) is 0. The smallest absolute Gasteiger partial charge is 0.253 e. The highest BCUT2D eigenvalue weighted by Gasteiger charge is 2.10. The number of nitrogens with one attached hydrogen (secondary N) is 2. The average Bonchev–Trinajstić information content (AvgIpc) is 2.34. The van der Waals surface area contributed by atoms with Gasteiger partial charge in [-0.15, -0.1) is 0 Å². The first-order valence-corrected chi connectivity index (χ1v) is 6.24. The van der Waals surface area contributed by atoms with Gasteiger partial charge in [-0.1, -0.05) is 0 Å². The fraction of sp³-hybridized carbons (Fsp3) is 0.385. The largest absolute Gasteiger partial charge is 0.399 e. The molecule has 6 heteroatoms. The van der Waals surface area contributed by atoms with Crippen LogP contribution in [0.5, 0.6) is 0 Å². The highest BCUT2D eigenvalue weighted by molar-refractivity contribution is 6.00. The highest BCUT2D eigenvalue weighted by atomic mass is 16.2. The molecule has 0 fully saturated rings. The number of hydrogen-bond donors (Lipinski definition) is 4. The third-order valence-corrected chi connectivity index (χ3v) is 2.54. The third kappa shape index (κ3) is 4.87. The Hall–Kier alpha value is -2.24. The van der Waals surface area contributed by atoms with Crippen LogP contribution in [0, 0.1) is 0 Å². The number of nitrogen functional groups attached to an aromatic ring is 1. The van der Waals surface area contributed by atoms with Crippen molar-refractivity contribution >= 4 is 23.2 Å². The van der Waals surface area contributed by atoms with Crippen LogP contribution in [0.3, 0.4) is 0 Å². The zero-order chi connectivity index (χ0) is 14.3. The first-order chi connectivity index (χ1) is 9.04. The number of anilines is 2. The summed E-state index contributed by atoms with van der Waals surface area (Å²) >= 11 is 0. The van der Waals surface area contributed by atoms with Crippen molar-refractivity contribution in [3.8, 4) is 0 Å². The molecule has 2 amide bonds. The van der Waals surface area contributed by atoms with E-state index in [1.54, 1.807) is 18.2 Å². The molecule has 0 aliphatic carbocycles. The van der Waals surface area contributed by atoms with Gasteiger partial charge in [-0.3, -0.25) is 9.59 Å². The van der Waals surface area contributed by atoms with Crippen LogP contribution < -0.4 is 22.1 Å². The zero-order valence-corrected chi connectivity index (χ0v) is 11.0. The van der Waals surface area contributed by atoms with Crippen molar-refractivity contribution in [3.05, 3.63) is 23.8 Å². The molecule has 0 spiro atoms. The van der Waals surface area contributed by atoms with E-state index >= 15 is 0 Å². The lowest BCUT2D eigenvalue weighted by Crippen LogP contribution is -2.24. The molecule has 6 N–H and O–H groups in total. The summed E-state index contributed by atoms with van der Waals surface area (Å²) in [6.07, 6.45) is 0.921. The summed E-state index contributed by atoms with van der Waals surface area (Å²) in [4.78, 5) is 22.5. The maximum atomic E-state index is 11.9. The summed E-state index contributed by atoms with van der Waals surface area (Å²) < 4.78 is 0. The molecule has 1 rings (SSSR count). The van der Waals surface area contributed by atoms with Crippen LogP contribution in [0.2, 0.25) is 0 Å². The number of carbonyl (C=O) groups is 2. The summed E-state index contributed by atoms with van der Waals surface area (Å²) in [6, 6.07) is 5.06.